The molecule has 1 aromatic rings. The summed E-state index contributed by atoms with van der Waals surface area (Å²) in [6, 6.07) is 2.54. The van der Waals surface area contributed by atoms with Crippen LogP contribution in [-0.4, -0.2) is 33.0 Å². The van der Waals surface area contributed by atoms with Gasteiger partial charge in [-0.15, -0.1) is 0 Å². The van der Waals surface area contributed by atoms with Crippen molar-refractivity contribution in [1.82, 2.24) is 10.0 Å². The average molecular weight is 317 g/mol. The topological polar surface area (TPSA) is 101 Å². The lowest BCUT2D eigenvalue weighted by Crippen LogP contribution is -2.26. The van der Waals surface area contributed by atoms with Crippen molar-refractivity contribution >= 4 is 15.7 Å². The van der Waals surface area contributed by atoms with Crippen LogP contribution in [0.2, 0.25) is 0 Å². The zero-order valence-electron chi connectivity index (χ0n) is 11.2. The van der Waals surface area contributed by atoms with E-state index in [1.165, 1.54) is 0 Å². The molecular formula is C12H16FN3O4S. The van der Waals surface area contributed by atoms with Crippen LogP contribution >= 0.6 is 0 Å². The first-order valence-electron chi connectivity index (χ1n) is 6.54. The summed E-state index contributed by atoms with van der Waals surface area (Å²) in [5, 5.41) is 13.7. The summed E-state index contributed by atoms with van der Waals surface area (Å²) >= 11 is 0. The van der Waals surface area contributed by atoms with Gasteiger partial charge < -0.3 is 5.32 Å². The molecule has 0 aromatic heterocycles. The molecule has 1 aromatic carbocycles. The van der Waals surface area contributed by atoms with Crippen LogP contribution in [0.15, 0.2) is 23.1 Å². The molecule has 21 heavy (non-hydrogen) atoms. The molecule has 1 aliphatic rings. The van der Waals surface area contributed by atoms with Crippen LogP contribution in [0.25, 0.3) is 0 Å². The Labute approximate surface area is 121 Å². The van der Waals surface area contributed by atoms with Gasteiger partial charge >= 0.3 is 5.69 Å². The van der Waals surface area contributed by atoms with Gasteiger partial charge in [0.05, 0.1) is 9.82 Å². The Morgan fingerprint density at radius 2 is 2.24 bits per heavy atom. The number of nitro groups is 1. The van der Waals surface area contributed by atoms with Gasteiger partial charge in [-0.2, -0.15) is 4.39 Å². The van der Waals surface area contributed by atoms with Crippen molar-refractivity contribution in [3.8, 4) is 0 Å². The molecule has 0 aliphatic carbocycles. The van der Waals surface area contributed by atoms with E-state index in [1.54, 1.807) is 0 Å². The summed E-state index contributed by atoms with van der Waals surface area (Å²) in [6.07, 6.45) is 1.70. The summed E-state index contributed by atoms with van der Waals surface area (Å²) in [7, 11) is -3.85. The van der Waals surface area contributed by atoms with E-state index in [-0.39, 0.29) is 11.4 Å². The second kappa shape index (κ2) is 6.46. The Morgan fingerprint density at radius 3 is 2.81 bits per heavy atom. The normalized spacial score (nSPS) is 18.8. The van der Waals surface area contributed by atoms with Crippen molar-refractivity contribution in [2.24, 2.45) is 5.92 Å². The number of nitrogens with one attached hydrogen (secondary N) is 2. The van der Waals surface area contributed by atoms with Crippen LogP contribution in [0.1, 0.15) is 12.8 Å². The number of hydrogen-bond acceptors (Lipinski definition) is 5. The molecule has 2 rings (SSSR count). The largest absolute Gasteiger partial charge is 0.316 e. The van der Waals surface area contributed by atoms with Gasteiger partial charge in [-0.3, -0.25) is 10.1 Å². The second-order valence-electron chi connectivity index (χ2n) is 4.92. The van der Waals surface area contributed by atoms with E-state index in [9.17, 15) is 22.9 Å². The summed E-state index contributed by atoms with van der Waals surface area (Å²) in [6.45, 7) is 2.06. The molecule has 0 saturated carbocycles. The highest BCUT2D eigenvalue weighted by Crippen LogP contribution is 2.20. The highest BCUT2D eigenvalue weighted by atomic mass is 32.2. The lowest BCUT2D eigenvalue weighted by molar-refractivity contribution is -0.387. The molecule has 0 spiro atoms. The van der Waals surface area contributed by atoms with E-state index < -0.39 is 26.5 Å². The minimum Gasteiger partial charge on any atom is -0.316 e. The number of halogens is 1. The molecule has 1 fully saturated rings. The van der Waals surface area contributed by atoms with Gasteiger partial charge in [0.1, 0.15) is 0 Å². The molecular weight excluding hydrogens is 301 g/mol. The minimum atomic E-state index is -3.85. The minimum absolute atomic E-state index is 0.257. The zero-order chi connectivity index (χ0) is 15.5. The summed E-state index contributed by atoms with van der Waals surface area (Å²) in [5.74, 6) is -0.732. The first-order valence-corrected chi connectivity index (χ1v) is 8.03. The van der Waals surface area contributed by atoms with Crippen LogP contribution in [-0.2, 0) is 10.0 Å². The third kappa shape index (κ3) is 3.96. The third-order valence-electron chi connectivity index (χ3n) is 3.43. The van der Waals surface area contributed by atoms with Gasteiger partial charge in [-0.1, -0.05) is 0 Å². The van der Waals surface area contributed by atoms with Crippen molar-refractivity contribution in [1.29, 1.82) is 0 Å². The number of rotatable bonds is 6. The number of benzene rings is 1. The summed E-state index contributed by atoms with van der Waals surface area (Å²) < 4.78 is 39.8. The van der Waals surface area contributed by atoms with Crippen molar-refractivity contribution < 1.29 is 17.7 Å². The van der Waals surface area contributed by atoms with Gasteiger partial charge in [-0.25, -0.2) is 13.1 Å². The Morgan fingerprint density at radius 1 is 1.48 bits per heavy atom. The fraction of sp³-hybridized carbons (Fsp3) is 0.500. The Balaban J connectivity index is 2.01. The molecule has 1 unspecified atom stereocenters. The molecule has 0 amide bonds. The van der Waals surface area contributed by atoms with Crippen molar-refractivity contribution in [3.05, 3.63) is 34.1 Å². The van der Waals surface area contributed by atoms with E-state index in [4.69, 9.17) is 0 Å². The monoisotopic (exact) mass is 317 g/mol. The lowest BCUT2D eigenvalue weighted by atomic mass is 10.1. The molecule has 116 valence electrons. The molecule has 9 heteroatoms. The van der Waals surface area contributed by atoms with Gasteiger partial charge in [0.25, 0.3) is 0 Å². The predicted molar refractivity (Wildman–Crippen MR) is 73.8 cm³/mol. The number of nitrogens with zero attached hydrogens (tertiary/aromatic N) is 1. The fourth-order valence-electron chi connectivity index (χ4n) is 2.24. The van der Waals surface area contributed by atoms with Crippen molar-refractivity contribution in [2.45, 2.75) is 17.7 Å². The molecule has 7 nitrogen and oxygen atoms in total. The van der Waals surface area contributed by atoms with E-state index in [0.717, 1.165) is 31.6 Å². The van der Waals surface area contributed by atoms with E-state index in [2.05, 4.69) is 10.0 Å². The smallest absolute Gasteiger partial charge is 0.304 e. The molecule has 0 bridgehead atoms. The molecule has 0 radical (unpaired) electrons. The van der Waals surface area contributed by atoms with E-state index in [1.807, 2.05) is 0 Å². The third-order valence-corrected chi connectivity index (χ3v) is 4.89. The van der Waals surface area contributed by atoms with Gasteiger partial charge in [0.2, 0.25) is 15.8 Å². The lowest BCUT2D eigenvalue weighted by Gasteiger charge is -2.10. The fourth-order valence-corrected chi connectivity index (χ4v) is 3.30. The first-order chi connectivity index (χ1) is 9.90. The van der Waals surface area contributed by atoms with Gasteiger partial charge in [0.15, 0.2) is 0 Å². The molecule has 2 N–H and O–H groups in total. The van der Waals surface area contributed by atoms with Gasteiger partial charge in [-0.05, 0) is 37.9 Å². The number of sulfonamides is 1. The van der Waals surface area contributed by atoms with Gasteiger partial charge in [0, 0.05) is 18.7 Å². The maximum atomic E-state index is 13.5. The predicted octanol–water partition coefficient (Wildman–Crippen LogP) is 1.01. The molecule has 1 atom stereocenters. The van der Waals surface area contributed by atoms with Crippen LogP contribution < -0.4 is 10.0 Å². The highest BCUT2D eigenvalue weighted by Gasteiger charge is 2.21. The van der Waals surface area contributed by atoms with E-state index >= 15 is 0 Å². The van der Waals surface area contributed by atoms with Crippen molar-refractivity contribution in [2.75, 3.05) is 19.6 Å². The quantitative estimate of drug-likeness (QED) is 0.602. The van der Waals surface area contributed by atoms with Crippen LogP contribution in [0.3, 0.4) is 0 Å². The molecule has 1 heterocycles. The van der Waals surface area contributed by atoms with Crippen LogP contribution in [0, 0.1) is 21.8 Å². The average Bonchev–Trinajstić information content (AvgIpc) is 2.91. The maximum Gasteiger partial charge on any atom is 0.304 e. The Bertz CT molecular complexity index is 629. The van der Waals surface area contributed by atoms with Crippen LogP contribution in [0.4, 0.5) is 10.1 Å². The maximum absolute atomic E-state index is 13.5. The zero-order valence-corrected chi connectivity index (χ0v) is 12.0. The summed E-state index contributed by atoms with van der Waals surface area (Å²) in [4.78, 5) is 9.29. The van der Waals surface area contributed by atoms with Crippen LogP contribution in [0.5, 0.6) is 0 Å². The SMILES string of the molecule is O=[N+]([O-])c1ccc(S(=O)(=O)NCCC2CCNC2)cc1F. The first kappa shape index (κ1) is 15.8. The molecule has 1 aliphatic heterocycles. The molecule has 1 saturated heterocycles. The summed E-state index contributed by atoms with van der Waals surface area (Å²) in [5.41, 5.74) is -0.744. The number of hydrogen-bond donors (Lipinski definition) is 2. The highest BCUT2D eigenvalue weighted by molar-refractivity contribution is 7.89. The Kier molecular flexibility index (Phi) is 4.86. The van der Waals surface area contributed by atoms with Crippen molar-refractivity contribution in [3.63, 3.8) is 0 Å². The standard InChI is InChI=1S/C12H16FN3O4S/c13-11-7-10(1-2-12(11)16(17)18)21(19,20)15-6-4-9-3-5-14-8-9/h1-2,7,9,14-15H,3-6,8H2. The Hall–Kier alpha value is -1.58. The van der Waals surface area contributed by atoms with E-state index in [0.29, 0.717) is 18.4 Å². The second-order valence-corrected chi connectivity index (χ2v) is 6.68. The number of nitro benzene ring substituents is 1.